The fourth-order valence-electron chi connectivity index (χ4n) is 0.708. The van der Waals surface area contributed by atoms with Gasteiger partial charge in [0.15, 0.2) is 0 Å². The molecule has 0 fully saturated rings. The summed E-state index contributed by atoms with van der Waals surface area (Å²) in [5.41, 5.74) is -0.00806. The van der Waals surface area contributed by atoms with Gasteiger partial charge in [-0.05, 0) is 36.1 Å². The average molecular weight is 255 g/mol. The number of hydrogen-bond acceptors (Lipinski definition) is 2. The molecule has 0 spiro atoms. The summed E-state index contributed by atoms with van der Waals surface area (Å²) in [6.45, 7) is 0. The van der Waals surface area contributed by atoms with Gasteiger partial charge in [0, 0.05) is 14.7 Å². The largest absolute Gasteiger partial charge is 0.289 e. The second-order valence-electron chi connectivity index (χ2n) is 2.47. The van der Waals surface area contributed by atoms with Gasteiger partial charge >= 0.3 is 0 Å². The lowest BCUT2D eigenvalue weighted by atomic mass is 10.4. The Morgan fingerprint density at radius 3 is 2.64 bits per heavy atom. The lowest BCUT2D eigenvalue weighted by molar-refractivity contribution is 0.388. The van der Waals surface area contributed by atoms with Crippen LogP contribution in [0.5, 0.6) is 0 Å². The maximum Gasteiger partial charge on any atom is 0.119 e. The van der Waals surface area contributed by atoms with Gasteiger partial charge in [-0.2, -0.15) is 0 Å². The quantitative estimate of drug-likeness (QED) is 0.578. The van der Waals surface area contributed by atoms with Crippen LogP contribution in [0.3, 0.4) is 0 Å². The number of hydrogen-bond donors (Lipinski definition) is 0. The summed E-state index contributed by atoms with van der Waals surface area (Å²) in [4.78, 5) is 3.14. The zero-order valence-electron chi connectivity index (χ0n) is 6.34. The molecule has 0 N–H and O–H groups in total. The van der Waals surface area contributed by atoms with Crippen LogP contribution < -0.4 is 0 Å². The third-order valence-electron chi connectivity index (χ3n) is 1.28. The van der Waals surface area contributed by atoms with E-state index in [0.717, 1.165) is 4.47 Å². The highest BCUT2D eigenvalue weighted by Gasteiger charge is 2.11. The van der Waals surface area contributed by atoms with Crippen molar-refractivity contribution in [2.24, 2.45) is 0 Å². The molecule has 0 aromatic carbocycles. The van der Waals surface area contributed by atoms with E-state index in [0.29, 0.717) is 0 Å². The summed E-state index contributed by atoms with van der Waals surface area (Å²) in [7, 11) is 3.93. The normalized spacial score (nSPS) is 13.9. The van der Waals surface area contributed by atoms with Crippen LogP contribution in [0.2, 0.25) is 0 Å². The van der Waals surface area contributed by atoms with Gasteiger partial charge in [-0.15, -0.1) is 11.3 Å². The van der Waals surface area contributed by atoms with Crippen LogP contribution in [0.15, 0.2) is 15.9 Å². The van der Waals surface area contributed by atoms with Crippen molar-refractivity contribution < 1.29 is 0 Å². The molecule has 11 heavy (non-hydrogen) atoms. The highest BCUT2D eigenvalue weighted by molar-refractivity contribution is 9.10. The number of thiophene rings is 1. The van der Waals surface area contributed by atoms with E-state index in [4.69, 9.17) is 11.6 Å². The number of nitrogens with zero attached hydrogens (tertiary/aromatic N) is 1. The molecule has 0 aliphatic heterocycles. The monoisotopic (exact) mass is 253 g/mol. The average Bonchev–Trinajstić information content (AvgIpc) is 2.34. The maximum absolute atomic E-state index is 6.07. The van der Waals surface area contributed by atoms with Crippen LogP contribution in [0.1, 0.15) is 10.4 Å². The van der Waals surface area contributed by atoms with Crippen molar-refractivity contribution in [2.75, 3.05) is 14.1 Å². The summed E-state index contributed by atoms with van der Waals surface area (Å²) < 4.78 is 1.10. The van der Waals surface area contributed by atoms with Gasteiger partial charge in [-0.1, -0.05) is 11.6 Å². The summed E-state index contributed by atoms with van der Waals surface area (Å²) in [6, 6.07) is 2.04. The molecule has 1 aromatic heterocycles. The van der Waals surface area contributed by atoms with Crippen LogP contribution in [-0.4, -0.2) is 19.0 Å². The summed E-state index contributed by atoms with van der Waals surface area (Å²) in [5, 5.41) is 2.04. The van der Waals surface area contributed by atoms with Gasteiger partial charge < -0.3 is 0 Å². The molecule has 1 heterocycles. The van der Waals surface area contributed by atoms with Crippen LogP contribution in [-0.2, 0) is 0 Å². The van der Waals surface area contributed by atoms with E-state index in [1.807, 2.05) is 30.4 Å². The summed E-state index contributed by atoms with van der Waals surface area (Å²) >= 11 is 11.1. The van der Waals surface area contributed by atoms with E-state index in [2.05, 4.69) is 15.9 Å². The predicted octanol–water partition coefficient (Wildman–Crippen LogP) is 3.31. The van der Waals surface area contributed by atoms with Gasteiger partial charge in [0.25, 0.3) is 0 Å². The molecule has 0 aliphatic carbocycles. The van der Waals surface area contributed by atoms with E-state index >= 15 is 0 Å². The number of halogens is 2. The van der Waals surface area contributed by atoms with Crippen molar-refractivity contribution in [1.29, 1.82) is 0 Å². The molecular formula is C7H9BrClNS. The fourth-order valence-corrected chi connectivity index (χ4v) is 2.44. The first kappa shape index (κ1) is 9.52. The second-order valence-corrected chi connectivity index (χ2v) is 4.74. The minimum Gasteiger partial charge on any atom is -0.289 e. The Hall–Kier alpha value is 0.430. The van der Waals surface area contributed by atoms with Gasteiger partial charge in [-0.3, -0.25) is 4.90 Å². The Bertz CT molecular complexity index is 236. The van der Waals surface area contributed by atoms with Crippen molar-refractivity contribution in [3.63, 3.8) is 0 Å². The minimum absolute atomic E-state index is 0.00806. The molecule has 0 amide bonds. The fraction of sp³-hybridized carbons (Fsp3) is 0.429. The van der Waals surface area contributed by atoms with E-state index in [1.54, 1.807) is 11.3 Å². The standard InChI is InChI=1S/C7H9BrClNS/c1-10(2)7(9)6-3-5(8)4-11-6/h3-4,7H,1-2H3. The number of rotatable bonds is 2. The first-order valence-corrected chi connectivity index (χ1v) is 5.26. The Labute approximate surface area is 84.1 Å². The molecule has 0 saturated carbocycles. The molecule has 0 radical (unpaired) electrons. The van der Waals surface area contributed by atoms with Crippen LogP contribution >= 0.6 is 38.9 Å². The maximum atomic E-state index is 6.07. The topological polar surface area (TPSA) is 3.24 Å². The molecule has 62 valence electrons. The smallest absolute Gasteiger partial charge is 0.119 e. The molecule has 1 nitrogen and oxygen atoms in total. The van der Waals surface area contributed by atoms with E-state index in [9.17, 15) is 0 Å². The third-order valence-corrected chi connectivity index (χ3v) is 3.78. The van der Waals surface area contributed by atoms with E-state index in [-0.39, 0.29) is 5.50 Å². The highest BCUT2D eigenvalue weighted by atomic mass is 79.9. The molecule has 0 aliphatic rings. The lowest BCUT2D eigenvalue weighted by Gasteiger charge is -2.15. The van der Waals surface area contributed by atoms with E-state index < -0.39 is 0 Å². The van der Waals surface area contributed by atoms with Crippen molar-refractivity contribution in [2.45, 2.75) is 5.50 Å². The molecule has 1 unspecified atom stereocenters. The molecule has 1 aromatic rings. The van der Waals surface area contributed by atoms with Crippen LogP contribution in [0.25, 0.3) is 0 Å². The molecule has 1 rings (SSSR count). The van der Waals surface area contributed by atoms with Crippen molar-refractivity contribution >= 4 is 38.9 Å². The first-order valence-electron chi connectivity index (χ1n) is 3.15. The molecule has 1 atom stereocenters. The zero-order chi connectivity index (χ0) is 8.43. The van der Waals surface area contributed by atoms with Crippen LogP contribution in [0.4, 0.5) is 0 Å². The van der Waals surface area contributed by atoms with Crippen LogP contribution in [0, 0.1) is 0 Å². The van der Waals surface area contributed by atoms with Crippen molar-refractivity contribution in [3.8, 4) is 0 Å². The summed E-state index contributed by atoms with van der Waals surface area (Å²) in [6.07, 6.45) is 0. The Balaban J connectivity index is 2.76. The number of alkyl halides is 1. The summed E-state index contributed by atoms with van der Waals surface area (Å²) in [5.74, 6) is 0. The highest BCUT2D eigenvalue weighted by Crippen LogP contribution is 2.30. The van der Waals surface area contributed by atoms with Gasteiger partial charge in [0.2, 0.25) is 0 Å². The first-order chi connectivity index (χ1) is 5.11. The van der Waals surface area contributed by atoms with Crippen molar-refractivity contribution in [1.82, 2.24) is 4.90 Å². The Morgan fingerprint density at radius 2 is 2.27 bits per heavy atom. The second kappa shape index (κ2) is 3.90. The molecule has 0 saturated heterocycles. The van der Waals surface area contributed by atoms with Gasteiger partial charge in [0.05, 0.1) is 0 Å². The predicted molar refractivity (Wildman–Crippen MR) is 54.3 cm³/mol. The SMILES string of the molecule is CN(C)C(Cl)c1cc(Br)cs1. The Morgan fingerprint density at radius 1 is 1.64 bits per heavy atom. The lowest BCUT2D eigenvalue weighted by Crippen LogP contribution is -2.13. The Kier molecular flexibility index (Phi) is 3.37. The third kappa shape index (κ3) is 2.44. The minimum atomic E-state index is -0.00806. The van der Waals surface area contributed by atoms with Crippen molar-refractivity contribution in [3.05, 3.63) is 20.8 Å². The van der Waals surface area contributed by atoms with E-state index in [1.165, 1.54) is 4.88 Å². The molecule has 4 heteroatoms. The molecule has 0 bridgehead atoms. The zero-order valence-corrected chi connectivity index (χ0v) is 9.50. The van der Waals surface area contributed by atoms with Gasteiger partial charge in [-0.25, -0.2) is 0 Å². The van der Waals surface area contributed by atoms with Gasteiger partial charge in [0.1, 0.15) is 5.50 Å². The molecular weight excluding hydrogens is 246 g/mol.